The lowest BCUT2D eigenvalue weighted by Gasteiger charge is -2.13. The molecule has 0 aliphatic carbocycles. The van der Waals surface area contributed by atoms with Crippen LogP contribution in [0.1, 0.15) is 32.0 Å². The zero-order valence-corrected chi connectivity index (χ0v) is 19.3. The van der Waals surface area contributed by atoms with E-state index in [2.05, 4.69) is 15.6 Å². The molecule has 2 heterocycles. The summed E-state index contributed by atoms with van der Waals surface area (Å²) in [4.78, 5) is 41.8. The first-order valence-electron chi connectivity index (χ1n) is 10.8. The Morgan fingerprint density at radius 3 is 2.28 bits per heavy atom. The van der Waals surface area contributed by atoms with Crippen LogP contribution in [0.15, 0.2) is 71.7 Å². The average molecular weight is 489 g/mol. The smallest absolute Gasteiger partial charge is 0.268 e. The number of rotatable bonds is 5. The number of aromatic nitrogens is 2. The predicted octanol–water partition coefficient (Wildman–Crippen LogP) is 4.21. The molecule has 2 aromatic carbocycles. The Bertz CT molecular complexity index is 1550. The molecule has 0 aliphatic heterocycles. The number of hydrogen-bond donors (Lipinski definition) is 3. The second kappa shape index (κ2) is 9.79. The Morgan fingerprint density at radius 1 is 0.889 bits per heavy atom. The van der Waals surface area contributed by atoms with Gasteiger partial charge in [-0.15, -0.1) is 0 Å². The van der Waals surface area contributed by atoms with Crippen molar-refractivity contribution < 1.29 is 18.4 Å². The summed E-state index contributed by atoms with van der Waals surface area (Å²) in [6.45, 7) is 3.67. The van der Waals surface area contributed by atoms with Gasteiger partial charge in [0.2, 0.25) is 0 Å². The van der Waals surface area contributed by atoms with Crippen LogP contribution in [0.3, 0.4) is 0 Å². The first kappa shape index (κ1) is 24.3. The Morgan fingerprint density at radius 2 is 1.58 bits per heavy atom. The van der Waals surface area contributed by atoms with Gasteiger partial charge in [-0.05, 0) is 62.4 Å². The molecular formula is C26H21F2N5O3. The topological polar surface area (TPSA) is 119 Å². The van der Waals surface area contributed by atoms with E-state index in [1.807, 2.05) is 19.1 Å². The van der Waals surface area contributed by atoms with Crippen LogP contribution >= 0.6 is 0 Å². The van der Waals surface area contributed by atoms with Crippen LogP contribution in [-0.4, -0.2) is 21.4 Å². The molecule has 4 aromatic rings. The molecule has 0 spiro atoms. The van der Waals surface area contributed by atoms with Crippen molar-refractivity contribution in [2.45, 2.75) is 13.8 Å². The van der Waals surface area contributed by atoms with Crippen LogP contribution in [0.2, 0.25) is 0 Å². The van der Waals surface area contributed by atoms with Crippen LogP contribution in [0, 0.1) is 25.5 Å². The number of halogens is 2. The molecule has 0 aliphatic rings. The summed E-state index contributed by atoms with van der Waals surface area (Å²) in [5, 5.41) is 4.78. The highest BCUT2D eigenvalue weighted by molar-refractivity contribution is 6.07. The van der Waals surface area contributed by atoms with Crippen molar-refractivity contribution in [2.75, 3.05) is 16.4 Å². The third-order valence-electron chi connectivity index (χ3n) is 5.42. The van der Waals surface area contributed by atoms with Crippen molar-refractivity contribution in [1.82, 2.24) is 9.55 Å². The summed E-state index contributed by atoms with van der Waals surface area (Å²) in [6.07, 6.45) is 0.855. The number of pyridine rings is 2. The summed E-state index contributed by atoms with van der Waals surface area (Å²) in [7, 11) is 0. The fraction of sp³-hybridized carbons (Fsp3) is 0.0769. The zero-order chi connectivity index (χ0) is 26.0. The minimum atomic E-state index is -0.870. The highest BCUT2D eigenvalue weighted by Crippen LogP contribution is 2.21. The van der Waals surface area contributed by atoms with Crippen LogP contribution < -0.4 is 21.9 Å². The van der Waals surface area contributed by atoms with Gasteiger partial charge in [0.25, 0.3) is 17.4 Å². The number of carbonyl (C=O) groups is 2. The number of hydrogen-bond acceptors (Lipinski definition) is 5. The van der Waals surface area contributed by atoms with Crippen LogP contribution in [0.25, 0.3) is 5.69 Å². The van der Waals surface area contributed by atoms with E-state index in [0.717, 1.165) is 23.9 Å². The van der Waals surface area contributed by atoms with Gasteiger partial charge in [0.05, 0.1) is 17.4 Å². The monoisotopic (exact) mass is 489 g/mol. The van der Waals surface area contributed by atoms with Gasteiger partial charge in [-0.1, -0.05) is 17.7 Å². The quantitative estimate of drug-likeness (QED) is 0.388. The molecule has 2 aromatic heterocycles. The maximum absolute atomic E-state index is 14.7. The largest absolute Gasteiger partial charge is 0.383 e. The highest BCUT2D eigenvalue weighted by Gasteiger charge is 2.17. The minimum Gasteiger partial charge on any atom is -0.383 e. The molecule has 10 heteroatoms. The van der Waals surface area contributed by atoms with Crippen LogP contribution in [0.4, 0.5) is 26.0 Å². The number of amides is 2. The molecule has 0 atom stereocenters. The number of aryl methyl sites for hydroxylation is 2. The van der Waals surface area contributed by atoms with E-state index in [1.165, 1.54) is 22.8 Å². The Kier molecular flexibility index (Phi) is 6.60. The van der Waals surface area contributed by atoms with E-state index in [-0.39, 0.29) is 28.3 Å². The minimum absolute atomic E-state index is 0.0595. The molecule has 0 saturated carbocycles. The van der Waals surface area contributed by atoms with Crippen molar-refractivity contribution in [3.8, 4) is 5.69 Å². The first-order valence-corrected chi connectivity index (χ1v) is 10.8. The number of anilines is 3. The summed E-state index contributed by atoms with van der Waals surface area (Å²) < 4.78 is 29.5. The van der Waals surface area contributed by atoms with Gasteiger partial charge in [-0.3, -0.25) is 19.0 Å². The third kappa shape index (κ3) is 4.97. The summed E-state index contributed by atoms with van der Waals surface area (Å²) in [6, 6.07) is 14.7. The maximum atomic E-state index is 14.7. The van der Waals surface area contributed by atoms with Crippen molar-refractivity contribution in [3.63, 3.8) is 0 Å². The highest BCUT2D eigenvalue weighted by atomic mass is 19.1. The molecule has 36 heavy (non-hydrogen) atoms. The van der Waals surface area contributed by atoms with Gasteiger partial charge in [-0.2, -0.15) is 0 Å². The molecule has 0 bridgehead atoms. The molecule has 0 unspecified atom stereocenters. The van der Waals surface area contributed by atoms with E-state index < -0.39 is 29.0 Å². The molecule has 182 valence electrons. The predicted molar refractivity (Wildman–Crippen MR) is 132 cm³/mol. The number of carbonyl (C=O) groups excluding carboxylic acids is 2. The molecular weight excluding hydrogens is 468 g/mol. The standard InChI is InChI=1S/C26H21F2N5O3/c1-14-3-7-18(8-4-14)33-15(2)5-9-19(26(33)36)24(34)31-17-6-10-22(21(28)12-17)32-25(35)20-11-16(27)13-30-23(20)29/h3-13H,1-2H3,(H2,29,30)(H,31,34)(H,32,35). The summed E-state index contributed by atoms with van der Waals surface area (Å²) >= 11 is 0. The van der Waals surface area contributed by atoms with Crippen molar-refractivity contribution in [1.29, 1.82) is 0 Å². The van der Waals surface area contributed by atoms with Crippen molar-refractivity contribution >= 4 is 29.0 Å². The Hall–Kier alpha value is -4.86. The lowest BCUT2D eigenvalue weighted by Crippen LogP contribution is -2.29. The lowest BCUT2D eigenvalue weighted by atomic mass is 10.1. The molecule has 4 rings (SSSR count). The van der Waals surface area contributed by atoms with Crippen LogP contribution in [-0.2, 0) is 0 Å². The number of nitrogens with two attached hydrogens (primary N) is 1. The third-order valence-corrected chi connectivity index (χ3v) is 5.42. The molecule has 0 radical (unpaired) electrons. The zero-order valence-electron chi connectivity index (χ0n) is 19.3. The van der Waals surface area contributed by atoms with E-state index in [0.29, 0.717) is 11.4 Å². The van der Waals surface area contributed by atoms with Gasteiger partial charge in [0.15, 0.2) is 0 Å². The number of nitrogens with zero attached hydrogens (tertiary/aromatic N) is 2. The van der Waals surface area contributed by atoms with Crippen molar-refractivity contribution in [2.24, 2.45) is 0 Å². The molecule has 0 saturated heterocycles. The normalized spacial score (nSPS) is 10.7. The second-order valence-corrected chi connectivity index (χ2v) is 8.05. The lowest BCUT2D eigenvalue weighted by molar-refractivity contribution is 0.101. The molecule has 8 nitrogen and oxygen atoms in total. The van der Waals surface area contributed by atoms with Gasteiger partial charge in [0, 0.05) is 17.1 Å². The van der Waals surface area contributed by atoms with Gasteiger partial charge in [0.1, 0.15) is 23.0 Å². The first-order chi connectivity index (χ1) is 17.1. The van der Waals surface area contributed by atoms with Gasteiger partial charge < -0.3 is 16.4 Å². The Balaban J connectivity index is 1.55. The van der Waals surface area contributed by atoms with Crippen LogP contribution in [0.5, 0.6) is 0 Å². The number of benzene rings is 2. The fourth-order valence-electron chi connectivity index (χ4n) is 3.53. The average Bonchev–Trinajstić information content (AvgIpc) is 2.83. The van der Waals surface area contributed by atoms with E-state index in [9.17, 15) is 23.2 Å². The molecule has 4 N–H and O–H groups in total. The van der Waals surface area contributed by atoms with Gasteiger partial charge >= 0.3 is 0 Å². The molecule has 2 amide bonds. The summed E-state index contributed by atoms with van der Waals surface area (Å²) in [5.41, 5.74) is 6.78. The second-order valence-electron chi connectivity index (χ2n) is 8.05. The SMILES string of the molecule is Cc1ccc(-n2c(C)ccc(C(=O)Nc3ccc(NC(=O)c4cc(F)cnc4N)c(F)c3)c2=O)cc1. The Labute approximate surface area is 204 Å². The fourth-order valence-corrected chi connectivity index (χ4v) is 3.53. The summed E-state index contributed by atoms with van der Waals surface area (Å²) in [5.74, 6) is -3.44. The molecule has 0 fully saturated rings. The van der Waals surface area contributed by atoms with E-state index in [1.54, 1.807) is 25.1 Å². The van der Waals surface area contributed by atoms with E-state index >= 15 is 0 Å². The van der Waals surface area contributed by atoms with Gasteiger partial charge in [-0.25, -0.2) is 13.8 Å². The van der Waals surface area contributed by atoms with E-state index in [4.69, 9.17) is 5.73 Å². The van der Waals surface area contributed by atoms with Crippen molar-refractivity contribution in [3.05, 3.63) is 111 Å². The number of nitrogen functional groups attached to an aromatic ring is 1. The maximum Gasteiger partial charge on any atom is 0.268 e. The number of nitrogens with one attached hydrogen (secondary N) is 2.